The van der Waals surface area contributed by atoms with Crippen LogP contribution < -0.4 is 14.3 Å². The Kier molecular flexibility index (Phi) is 6.44. The van der Waals surface area contributed by atoms with Gasteiger partial charge in [-0.15, -0.1) is 15.3 Å². The van der Waals surface area contributed by atoms with Crippen molar-refractivity contribution in [3.8, 4) is 0 Å². The van der Waals surface area contributed by atoms with Gasteiger partial charge in [-0.2, -0.15) is 0 Å². The molecule has 3 aromatic rings. The molecule has 0 fully saturated rings. The standard InChI is InChI=1S/C21H36BN9O3/c1-13-23-16(19(4,5)6)26-29(13)32-22(33-30-14(2)24-17(27-30)20(7,8)9)34-31-15(3)25-18(28-31)21(10,11)12/h1-12H3. The lowest BCUT2D eigenvalue weighted by molar-refractivity contribution is 0.0333. The van der Waals surface area contributed by atoms with Crippen LogP contribution in [0.3, 0.4) is 0 Å². The summed E-state index contributed by atoms with van der Waals surface area (Å²) in [5.41, 5.74) is -0.777. The smallest absolute Gasteiger partial charge is 0.378 e. The summed E-state index contributed by atoms with van der Waals surface area (Å²) in [6.07, 6.45) is 0. The first kappa shape index (κ1) is 25.5. The lowest BCUT2D eigenvalue weighted by Gasteiger charge is -2.16. The summed E-state index contributed by atoms with van der Waals surface area (Å²) in [6, 6.07) is 0. The number of nitrogens with zero attached hydrogens (tertiary/aromatic N) is 9. The van der Waals surface area contributed by atoms with Gasteiger partial charge in [0.1, 0.15) is 0 Å². The molecule has 0 aliphatic carbocycles. The molecule has 3 aromatic heterocycles. The van der Waals surface area contributed by atoms with Crippen LogP contribution in [0.2, 0.25) is 0 Å². The predicted molar refractivity (Wildman–Crippen MR) is 126 cm³/mol. The van der Waals surface area contributed by atoms with E-state index in [1.54, 1.807) is 20.8 Å². The Balaban J connectivity index is 1.95. The Morgan fingerprint density at radius 2 is 0.735 bits per heavy atom. The second-order valence-corrected chi connectivity index (χ2v) is 11.4. The van der Waals surface area contributed by atoms with Gasteiger partial charge in [-0.25, -0.2) is 15.0 Å². The zero-order chi connectivity index (χ0) is 25.6. The van der Waals surface area contributed by atoms with Gasteiger partial charge in [0.2, 0.25) is 0 Å². The Bertz CT molecular complexity index is 1000. The third-order valence-electron chi connectivity index (χ3n) is 4.76. The van der Waals surface area contributed by atoms with Crippen molar-refractivity contribution in [2.75, 3.05) is 0 Å². The first-order valence-electron chi connectivity index (χ1n) is 11.3. The van der Waals surface area contributed by atoms with Gasteiger partial charge < -0.3 is 14.3 Å². The van der Waals surface area contributed by atoms with E-state index in [0.717, 1.165) is 0 Å². The third-order valence-corrected chi connectivity index (χ3v) is 4.76. The van der Waals surface area contributed by atoms with Crippen LogP contribution >= 0.6 is 0 Å². The molecule has 0 spiro atoms. The molecule has 186 valence electrons. The van der Waals surface area contributed by atoms with Gasteiger partial charge in [-0.3, -0.25) is 0 Å². The van der Waals surface area contributed by atoms with Crippen LogP contribution in [0.4, 0.5) is 0 Å². The highest BCUT2D eigenvalue weighted by Crippen LogP contribution is 2.20. The zero-order valence-corrected chi connectivity index (χ0v) is 22.3. The first-order valence-corrected chi connectivity index (χ1v) is 11.3. The van der Waals surface area contributed by atoms with E-state index in [1.165, 1.54) is 14.5 Å². The Labute approximate surface area is 201 Å². The summed E-state index contributed by atoms with van der Waals surface area (Å²) in [6.45, 7) is 23.6. The summed E-state index contributed by atoms with van der Waals surface area (Å²) in [4.78, 5) is 17.3. The minimum atomic E-state index is -1.32. The Hall–Kier alpha value is -3.12. The molecule has 3 rings (SSSR count). The van der Waals surface area contributed by atoms with E-state index in [9.17, 15) is 0 Å². The molecule has 13 heteroatoms. The van der Waals surface area contributed by atoms with Crippen LogP contribution in [0.1, 0.15) is 97.3 Å². The van der Waals surface area contributed by atoms with Gasteiger partial charge in [0.25, 0.3) is 0 Å². The minimum Gasteiger partial charge on any atom is -0.378 e. The molecule has 0 aliphatic rings. The molecule has 0 aliphatic heterocycles. The van der Waals surface area contributed by atoms with Crippen molar-refractivity contribution in [2.24, 2.45) is 0 Å². The van der Waals surface area contributed by atoms with E-state index in [2.05, 4.69) is 30.2 Å². The van der Waals surface area contributed by atoms with Gasteiger partial charge in [0, 0.05) is 16.2 Å². The van der Waals surface area contributed by atoms with E-state index in [0.29, 0.717) is 34.9 Å². The molecule has 12 nitrogen and oxygen atoms in total. The van der Waals surface area contributed by atoms with Crippen molar-refractivity contribution >= 4 is 7.32 Å². The van der Waals surface area contributed by atoms with Crippen molar-refractivity contribution in [1.29, 1.82) is 0 Å². The van der Waals surface area contributed by atoms with Crippen LogP contribution in [0.5, 0.6) is 0 Å². The molecule has 0 atom stereocenters. The van der Waals surface area contributed by atoms with Crippen LogP contribution in [0.15, 0.2) is 0 Å². The molecule has 34 heavy (non-hydrogen) atoms. The molecule has 0 bridgehead atoms. The average Bonchev–Trinajstić information content (AvgIpc) is 3.33. The molecule has 0 unspecified atom stereocenters. The van der Waals surface area contributed by atoms with Crippen molar-refractivity contribution in [3.05, 3.63) is 34.9 Å². The molecule has 0 aromatic carbocycles. The van der Waals surface area contributed by atoms with Crippen molar-refractivity contribution in [1.82, 2.24) is 44.8 Å². The predicted octanol–water partition coefficient (Wildman–Crippen LogP) is 1.95. The van der Waals surface area contributed by atoms with Crippen molar-refractivity contribution < 1.29 is 14.3 Å². The van der Waals surface area contributed by atoms with E-state index in [4.69, 9.17) is 14.3 Å². The number of hydrogen-bond acceptors (Lipinski definition) is 9. The maximum Gasteiger partial charge on any atom is 0.929 e. The number of rotatable bonds is 6. The number of aromatic nitrogens is 9. The first-order chi connectivity index (χ1) is 15.4. The fraction of sp³-hybridized carbons (Fsp3) is 0.714. The molecule has 0 saturated carbocycles. The van der Waals surface area contributed by atoms with Gasteiger partial charge >= 0.3 is 7.32 Å². The van der Waals surface area contributed by atoms with Crippen molar-refractivity contribution in [3.63, 3.8) is 0 Å². The fourth-order valence-corrected chi connectivity index (χ4v) is 2.69. The molecule has 3 heterocycles. The third kappa shape index (κ3) is 5.68. The Morgan fingerprint density at radius 3 is 0.912 bits per heavy atom. The van der Waals surface area contributed by atoms with Crippen LogP contribution in [-0.4, -0.2) is 52.1 Å². The molecule has 0 saturated heterocycles. The van der Waals surface area contributed by atoms with E-state index >= 15 is 0 Å². The van der Waals surface area contributed by atoms with Crippen LogP contribution in [0.25, 0.3) is 0 Å². The highest BCUT2D eigenvalue weighted by Gasteiger charge is 2.38. The molecular formula is C21H36BN9O3. The molecule has 0 radical (unpaired) electrons. The summed E-state index contributed by atoms with van der Waals surface area (Å²) in [5, 5.41) is 13.4. The average molecular weight is 473 g/mol. The van der Waals surface area contributed by atoms with Gasteiger partial charge in [-0.05, 0) is 20.8 Å². The molecular weight excluding hydrogens is 437 g/mol. The fourth-order valence-electron chi connectivity index (χ4n) is 2.69. The summed E-state index contributed by atoms with van der Waals surface area (Å²) >= 11 is 0. The van der Waals surface area contributed by atoms with Crippen LogP contribution in [0, 0.1) is 20.8 Å². The van der Waals surface area contributed by atoms with Crippen LogP contribution in [-0.2, 0) is 16.2 Å². The van der Waals surface area contributed by atoms with E-state index in [-0.39, 0.29) is 16.2 Å². The largest absolute Gasteiger partial charge is 0.929 e. The normalized spacial score (nSPS) is 12.7. The van der Waals surface area contributed by atoms with E-state index < -0.39 is 7.32 Å². The molecule has 0 amide bonds. The number of aryl methyl sites for hydroxylation is 3. The highest BCUT2D eigenvalue weighted by molar-refractivity contribution is 6.37. The highest BCUT2D eigenvalue weighted by atomic mass is 16.9. The topological polar surface area (TPSA) is 120 Å². The SMILES string of the molecule is Cc1nc(C(C)(C)C)nn1OB(On1nc(C(C)(C)C)nc1C)On1nc(C(C)(C)C)nc1C. The quantitative estimate of drug-likeness (QED) is 0.495. The lowest BCUT2D eigenvalue weighted by atomic mass is 9.96. The van der Waals surface area contributed by atoms with E-state index in [1.807, 2.05) is 62.3 Å². The molecule has 0 N–H and O–H groups in total. The van der Waals surface area contributed by atoms with Gasteiger partial charge in [-0.1, -0.05) is 76.8 Å². The van der Waals surface area contributed by atoms with Gasteiger partial charge in [0.15, 0.2) is 34.9 Å². The summed E-state index contributed by atoms with van der Waals surface area (Å²) in [7, 11) is -1.32. The number of hydrogen-bond donors (Lipinski definition) is 0. The second kappa shape index (κ2) is 8.59. The maximum atomic E-state index is 5.95. The second-order valence-electron chi connectivity index (χ2n) is 11.4. The minimum absolute atomic E-state index is 0.259. The zero-order valence-electron chi connectivity index (χ0n) is 22.3. The lowest BCUT2D eigenvalue weighted by Crippen LogP contribution is -2.50. The van der Waals surface area contributed by atoms with Gasteiger partial charge in [0.05, 0.1) is 0 Å². The summed E-state index contributed by atoms with van der Waals surface area (Å²) < 4.78 is 17.9. The monoisotopic (exact) mass is 473 g/mol. The maximum absolute atomic E-state index is 5.95. The Morgan fingerprint density at radius 1 is 0.500 bits per heavy atom. The van der Waals surface area contributed by atoms with Crippen molar-refractivity contribution in [2.45, 2.75) is 99.3 Å². The summed E-state index contributed by atoms with van der Waals surface area (Å²) in [5.74, 6) is 3.50.